The van der Waals surface area contributed by atoms with Gasteiger partial charge in [0.15, 0.2) is 11.5 Å². The van der Waals surface area contributed by atoms with Crippen LogP contribution >= 0.6 is 11.6 Å². The molecule has 3 aromatic heterocycles. The quantitative estimate of drug-likeness (QED) is 0.291. The summed E-state index contributed by atoms with van der Waals surface area (Å²) in [6.07, 6.45) is 3.38. The van der Waals surface area contributed by atoms with Crippen LogP contribution in [0.3, 0.4) is 0 Å². The van der Waals surface area contributed by atoms with Crippen LogP contribution in [0.1, 0.15) is 5.56 Å². The predicted octanol–water partition coefficient (Wildman–Crippen LogP) is 4.76. The van der Waals surface area contributed by atoms with E-state index in [1.54, 1.807) is 42.7 Å². The third kappa shape index (κ3) is 5.01. The Labute approximate surface area is 211 Å². The highest BCUT2D eigenvalue weighted by atomic mass is 35.5. The summed E-state index contributed by atoms with van der Waals surface area (Å²) in [5, 5.41) is 11.2. The van der Waals surface area contributed by atoms with E-state index >= 15 is 0 Å². The zero-order valence-corrected chi connectivity index (χ0v) is 20.0. The van der Waals surface area contributed by atoms with Gasteiger partial charge in [-0.25, -0.2) is 9.97 Å². The van der Waals surface area contributed by atoms with Gasteiger partial charge in [-0.2, -0.15) is 10.1 Å². The van der Waals surface area contributed by atoms with Gasteiger partial charge in [-0.15, -0.1) is 0 Å². The van der Waals surface area contributed by atoms with Crippen molar-refractivity contribution < 1.29 is 9.47 Å². The maximum Gasteiger partial charge on any atom is 0.323 e. The summed E-state index contributed by atoms with van der Waals surface area (Å²) in [7, 11) is 0. The molecule has 0 aliphatic carbocycles. The Kier molecular flexibility index (Phi) is 6.20. The summed E-state index contributed by atoms with van der Waals surface area (Å²) in [5.74, 6) is 1.81. The Morgan fingerprint density at radius 3 is 2.78 bits per heavy atom. The van der Waals surface area contributed by atoms with Crippen LogP contribution in [0.2, 0.25) is 5.02 Å². The van der Waals surface area contributed by atoms with Crippen molar-refractivity contribution in [3.8, 4) is 23.3 Å². The first-order valence-electron chi connectivity index (χ1n) is 11.6. The zero-order valence-electron chi connectivity index (χ0n) is 19.2. The first-order valence-corrected chi connectivity index (χ1v) is 11.9. The van der Waals surface area contributed by atoms with E-state index in [9.17, 15) is 0 Å². The number of imidazole rings is 1. The summed E-state index contributed by atoms with van der Waals surface area (Å²) in [6.45, 7) is 4.34. The van der Waals surface area contributed by atoms with Crippen molar-refractivity contribution in [1.29, 1.82) is 0 Å². The van der Waals surface area contributed by atoms with Crippen LogP contribution in [0.25, 0.3) is 22.6 Å². The molecule has 1 fully saturated rings. The molecule has 36 heavy (non-hydrogen) atoms. The molecular weight excluding hydrogens is 480 g/mol. The number of ether oxygens (including phenoxy) is 2. The van der Waals surface area contributed by atoms with Gasteiger partial charge in [-0.3, -0.25) is 10.00 Å². The minimum Gasteiger partial charge on any atom is -0.424 e. The number of morpholine rings is 1. The molecule has 0 amide bonds. The average Bonchev–Trinajstić information content (AvgIpc) is 3.53. The fraction of sp³-hybridized carbons (Fsp3) is 0.200. The number of nitrogens with one attached hydrogen (secondary N) is 3. The maximum absolute atomic E-state index is 5.94. The summed E-state index contributed by atoms with van der Waals surface area (Å²) < 4.78 is 11.2. The van der Waals surface area contributed by atoms with Gasteiger partial charge in [0.1, 0.15) is 11.6 Å². The number of hydrogen-bond donors (Lipinski definition) is 3. The van der Waals surface area contributed by atoms with Crippen molar-refractivity contribution >= 4 is 34.1 Å². The zero-order chi connectivity index (χ0) is 24.3. The summed E-state index contributed by atoms with van der Waals surface area (Å²) >= 11 is 5.94. The minimum atomic E-state index is 0.212. The third-order valence-corrected chi connectivity index (χ3v) is 6.09. The molecule has 0 radical (unpaired) electrons. The lowest BCUT2D eigenvalue weighted by Crippen LogP contribution is -2.35. The van der Waals surface area contributed by atoms with Crippen LogP contribution in [0.4, 0.5) is 11.5 Å². The molecule has 0 saturated carbocycles. The second kappa shape index (κ2) is 9.94. The molecule has 0 atom stereocenters. The normalized spacial score (nSPS) is 14.2. The van der Waals surface area contributed by atoms with E-state index in [-0.39, 0.29) is 6.01 Å². The molecule has 1 aliphatic heterocycles. The molecule has 6 rings (SSSR count). The average molecular weight is 503 g/mol. The van der Waals surface area contributed by atoms with Gasteiger partial charge < -0.3 is 19.8 Å². The number of H-pyrrole nitrogens is 2. The van der Waals surface area contributed by atoms with Crippen molar-refractivity contribution in [2.24, 2.45) is 0 Å². The van der Waals surface area contributed by atoms with Crippen LogP contribution in [0.5, 0.6) is 11.8 Å². The SMILES string of the molecule is Clc1ccc(Oc2nccc(Nc3c[nH]nc3-c3nc4cc(CN5CCOCC5)ccc4[nH]3)n2)cc1. The molecule has 0 unspecified atom stereocenters. The molecule has 2 aromatic carbocycles. The molecule has 1 aliphatic rings. The van der Waals surface area contributed by atoms with Crippen molar-refractivity contribution in [2.75, 3.05) is 31.6 Å². The van der Waals surface area contributed by atoms with Crippen molar-refractivity contribution in [1.82, 2.24) is 35.0 Å². The van der Waals surface area contributed by atoms with Crippen LogP contribution in [0, 0.1) is 0 Å². The summed E-state index contributed by atoms with van der Waals surface area (Å²) in [5.41, 5.74) is 4.44. The molecule has 0 bridgehead atoms. The van der Waals surface area contributed by atoms with Crippen molar-refractivity contribution in [2.45, 2.75) is 6.54 Å². The third-order valence-electron chi connectivity index (χ3n) is 5.84. The second-order valence-electron chi connectivity index (χ2n) is 8.38. The molecule has 5 aromatic rings. The fourth-order valence-corrected chi connectivity index (χ4v) is 4.18. The smallest absolute Gasteiger partial charge is 0.323 e. The topological polar surface area (TPSA) is 117 Å². The van der Waals surface area contributed by atoms with E-state index in [4.69, 9.17) is 26.1 Å². The highest BCUT2D eigenvalue weighted by Gasteiger charge is 2.16. The molecule has 11 heteroatoms. The van der Waals surface area contributed by atoms with E-state index in [0.717, 1.165) is 49.6 Å². The molecule has 182 valence electrons. The molecule has 4 heterocycles. The number of anilines is 2. The van der Waals surface area contributed by atoms with Crippen molar-refractivity contribution in [3.63, 3.8) is 0 Å². The van der Waals surface area contributed by atoms with E-state index in [1.165, 1.54) is 5.56 Å². The number of nitrogens with zero attached hydrogens (tertiary/aromatic N) is 5. The van der Waals surface area contributed by atoms with Gasteiger partial charge in [-0.05, 0) is 48.0 Å². The fourth-order valence-electron chi connectivity index (χ4n) is 4.05. The Morgan fingerprint density at radius 2 is 1.92 bits per heavy atom. The Balaban J connectivity index is 1.20. The van der Waals surface area contributed by atoms with Gasteiger partial charge in [0.25, 0.3) is 0 Å². The predicted molar refractivity (Wildman–Crippen MR) is 137 cm³/mol. The number of aromatic amines is 2. The Hall–Kier alpha value is -3.99. The largest absolute Gasteiger partial charge is 0.424 e. The van der Waals surface area contributed by atoms with E-state index in [2.05, 4.69) is 53.6 Å². The van der Waals surface area contributed by atoms with Crippen molar-refractivity contribution in [3.05, 3.63) is 71.5 Å². The number of halogens is 1. The van der Waals surface area contributed by atoms with E-state index in [0.29, 0.717) is 28.1 Å². The van der Waals surface area contributed by atoms with Gasteiger partial charge in [0.05, 0.1) is 29.9 Å². The van der Waals surface area contributed by atoms with Crippen LogP contribution in [-0.2, 0) is 11.3 Å². The Bertz CT molecular complexity index is 1480. The molecular formula is C25H23ClN8O2. The maximum atomic E-state index is 5.94. The van der Waals surface area contributed by atoms with E-state index < -0.39 is 0 Å². The van der Waals surface area contributed by atoms with Gasteiger partial charge in [0.2, 0.25) is 0 Å². The lowest BCUT2D eigenvalue weighted by atomic mass is 10.2. The molecule has 1 saturated heterocycles. The summed E-state index contributed by atoms with van der Waals surface area (Å²) in [6, 6.07) is 15.3. The first kappa shape index (κ1) is 22.5. The lowest BCUT2D eigenvalue weighted by Gasteiger charge is -2.26. The number of benzene rings is 2. The standard InChI is InChI=1S/C25H23ClN8O2/c26-17-2-4-18(5-3-17)36-25-27-8-7-22(32-25)29-21-14-28-33-23(21)24-30-19-6-1-16(13-20(19)31-24)15-34-9-11-35-12-10-34/h1-8,13-14H,9-12,15H2,(H,28,33)(H,30,31)(H,27,29,32). The monoisotopic (exact) mass is 502 g/mol. The highest BCUT2D eigenvalue weighted by molar-refractivity contribution is 6.30. The summed E-state index contributed by atoms with van der Waals surface area (Å²) in [4.78, 5) is 19.2. The van der Waals surface area contributed by atoms with Gasteiger partial charge >= 0.3 is 6.01 Å². The number of rotatable bonds is 7. The van der Waals surface area contributed by atoms with Crippen LogP contribution in [0.15, 0.2) is 60.9 Å². The lowest BCUT2D eigenvalue weighted by molar-refractivity contribution is 0.0342. The first-order chi connectivity index (χ1) is 17.7. The molecule has 0 spiro atoms. The van der Waals surface area contributed by atoms with E-state index in [1.807, 2.05) is 0 Å². The number of aromatic nitrogens is 6. The second-order valence-corrected chi connectivity index (χ2v) is 8.81. The van der Waals surface area contributed by atoms with Gasteiger partial charge in [-0.1, -0.05) is 17.7 Å². The van der Waals surface area contributed by atoms with Crippen LogP contribution in [-0.4, -0.2) is 61.3 Å². The number of fused-ring (bicyclic) bond motifs is 1. The highest BCUT2D eigenvalue weighted by Crippen LogP contribution is 2.29. The van der Waals surface area contributed by atoms with Gasteiger partial charge in [0, 0.05) is 37.1 Å². The minimum absolute atomic E-state index is 0.212. The molecule has 10 nitrogen and oxygen atoms in total. The van der Waals surface area contributed by atoms with Crippen LogP contribution < -0.4 is 10.1 Å². The Morgan fingerprint density at radius 1 is 1.06 bits per heavy atom. The molecule has 3 N–H and O–H groups in total. The number of hydrogen-bond acceptors (Lipinski definition) is 8.